The van der Waals surface area contributed by atoms with Gasteiger partial charge in [-0.05, 0) is 18.6 Å². The second kappa shape index (κ2) is 2.52. The maximum Gasteiger partial charge on any atom is 0.129 e. The molecule has 3 heteroatoms. The Labute approximate surface area is 69.2 Å². The van der Waals surface area contributed by atoms with Crippen molar-refractivity contribution in [2.45, 2.75) is 18.4 Å². The molecule has 1 nitrogen and oxygen atoms in total. The Morgan fingerprint density at radius 1 is 1.25 bits per heavy atom. The lowest BCUT2D eigenvalue weighted by Crippen LogP contribution is -2.03. The summed E-state index contributed by atoms with van der Waals surface area (Å²) in [5, 5.41) is 0. The molecule has 2 N–H and O–H groups in total. The summed E-state index contributed by atoms with van der Waals surface area (Å²) in [6, 6.07) is 3.84. The first-order valence-electron chi connectivity index (χ1n) is 3.89. The van der Waals surface area contributed by atoms with Crippen LogP contribution in [-0.4, -0.2) is 6.04 Å². The van der Waals surface area contributed by atoms with Gasteiger partial charge < -0.3 is 5.73 Å². The maximum atomic E-state index is 13.0. The number of rotatable bonds is 1. The summed E-state index contributed by atoms with van der Waals surface area (Å²) < 4.78 is 26.0. The molecule has 1 fully saturated rings. The molecule has 1 aromatic carbocycles. The molecule has 1 aromatic rings. The average molecular weight is 169 g/mol. The Morgan fingerprint density at radius 3 is 2.17 bits per heavy atom. The van der Waals surface area contributed by atoms with E-state index < -0.39 is 11.6 Å². The van der Waals surface area contributed by atoms with Crippen LogP contribution < -0.4 is 5.73 Å². The van der Waals surface area contributed by atoms with Crippen LogP contribution in [0.2, 0.25) is 0 Å². The van der Waals surface area contributed by atoms with Crippen molar-refractivity contribution in [3.8, 4) is 0 Å². The molecule has 0 spiro atoms. The first kappa shape index (κ1) is 7.68. The van der Waals surface area contributed by atoms with Gasteiger partial charge in [0.15, 0.2) is 0 Å². The highest BCUT2D eigenvalue weighted by Crippen LogP contribution is 2.41. The number of hydrogen-bond donors (Lipinski definition) is 1. The van der Waals surface area contributed by atoms with Gasteiger partial charge >= 0.3 is 0 Å². The van der Waals surface area contributed by atoms with Crippen LogP contribution in [0.3, 0.4) is 0 Å². The fourth-order valence-electron chi connectivity index (χ4n) is 1.41. The zero-order chi connectivity index (χ0) is 8.72. The van der Waals surface area contributed by atoms with Gasteiger partial charge in [0.05, 0.1) is 0 Å². The molecule has 1 saturated carbocycles. The van der Waals surface area contributed by atoms with Gasteiger partial charge in [0.25, 0.3) is 0 Å². The van der Waals surface area contributed by atoms with E-state index in [9.17, 15) is 8.78 Å². The van der Waals surface area contributed by atoms with Gasteiger partial charge in [-0.1, -0.05) is 6.07 Å². The molecule has 0 amide bonds. The molecule has 0 aromatic heterocycles. The van der Waals surface area contributed by atoms with E-state index in [0.717, 1.165) is 0 Å². The molecule has 0 radical (unpaired) electrons. The van der Waals surface area contributed by atoms with E-state index in [0.29, 0.717) is 6.42 Å². The third-order valence-corrected chi connectivity index (χ3v) is 2.21. The van der Waals surface area contributed by atoms with Crippen LogP contribution in [0.5, 0.6) is 0 Å². The summed E-state index contributed by atoms with van der Waals surface area (Å²) >= 11 is 0. The van der Waals surface area contributed by atoms with Gasteiger partial charge in [-0.3, -0.25) is 0 Å². The zero-order valence-corrected chi connectivity index (χ0v) is 6.43. The Kier molecular flexibility index (Phi) is 1.61. The van der Waals surface area contributed by atoms with Crippen molar-refractivity contribution in [1.82, 2.24) is 0 Å². The van der Waals surface area contributed by atoms with Crippen molar-refractivity contribution >= 4 is 0 Å². The molecule has 12 heavy (non-hydrogen) atoms. The van der Waals surface area contributed by atoms with E-state index in [4.69, 9.17) is 5.73 Å². The van der Waals surface area contributed by atoms with E-state index in [-0.39, 0.29) is 17.5 Å². The monoisotopic (exact) mass is 169 g/mol. The number of halogens is 2. The number of benzene rings is 1. The lowest BCUT2D eigenvalue weighted by molar-refractivity contribution is 0.555. The lowest BCUT2D eigenvalue weighted by Gasteiger charge is -2.01. The van der Waals surface area contributed by atoms with E-state index in [2.05, 4.69) is 0 Å². The fraction of sp³-hybridized carbons (Fsp3) is 0.333. The number of nitrogens with two attached hydrogens (primary N) is 1. The topological polar surface area (TPSA) is 26.0 Å². The lowest BCUT2D eigenvalue weighted by atomic mass is 10.1. The van der Waals surface area contributed by atoms with Crippen LogP contribution in [0.1, 0.15) is 17.9 Å². The SMILES string of the molecule is N[C@H]1C[C@H]1c1c(F)cccc1F. The Hall–Kier alpha value is -0.960. The fourth-order valence-corrected chi connectivity index (χ4v) is 1.41. The van der Waals surface area contributed by atoms with Gasteiger partial charge in [0.1, 0.15) is 11.6 Å². The molecule has 2 rings (SSSR count). The van der Waals surface area contributed by atoms with E-state index in [1.807, 2.05) is 0 Å². The average Bonchev–Trinajstić information content (AvgIpc) is 2.67. The molecule has 0 aliphatic heterocycles. The van der Waals surface area contributed by atoms with Crippen molar-refractivity contribution < 1.29 is 8.78 Å². The summed E-state index contributed by atoms with van der Waals surface area (Å²) in [5.41, 5.74) is 5.66. The molecule has 0 bridgehead atoms. The highest BCUT2D eigenvalue weighted by atomic mass is 19.1. The molecule has 2 atom stereocenters. The predicted octanol–water partition coefficient (Wildman–Crippen LogP) is 1.78. The van der Waals surface area contributed by atoms with Crippen LogP contribution in [0.15, 0.2) is 18.2 Å². The summed E-state index contributed by atoms with van der Waals surface area (Å²) in [7, 11) is 0. The Balaban J connectivity index is 2.41. The third-order valence-electron chi connectivity index (χ3n) is 2.21. The summed E-state index contributed by atoms with van der Waals surface area (Å²) in [6.07, 6.45) is 0.692. The van der Waals surface area contributed by atoms with E-state index in [1.165, 1.54) is 18.2 Å². The number of hydrogen-bond acceptors (Lipinski definition) is 1. The zero-order valence-electron chi connectivity index (χ0n) is 6.43. The predicted molar refractivity (Wildman–Crippen MR) is 41.7 cm³/mol. The minimum Gasteiger partial charge on any atom is -0.327 e. The van der Waals surface area contributed by atoms with E-state index >= 15 is 0 Å². The molecule has 1 aliphatic carbocycles. The van der Waals surface area contributed by atoms with Gasteiger partial charge in [-0.15, -0.1) is 0 Å². The molecular formula is C9H9F2N. The van der Waals surface area contributed by atoms with Crippen molar-refractivity contribution in [2.75, 3.05) is 0 Å². The minimum atomic E-state index is -0.479. The first-order valence-corrected chi connectivity index (χ1v) is 3.89. The largest absolute Gasteiger partial charge is 0.327 e. The molecule has 64 valence electrons. The van der Waals surface area contributed by atoms with Gasteiger partial charge in [0, 0.05) is 17.5 Å². The van der Waals surface area contributed by atoms with Gasteiger partial charge in [-0.2, -0.15) is 0 Å². The van der Waals surface area contributed by atoms with Crippen LogP contribution >= 0.6 is 0 Å². The molecule has 0 unspecified atom stereocenters. The Morgan fingerprint density at radius 2 is 1.75 bits per heavy atom. The van der Waals surface area contributed by atoms with Crippen molar-refractivity contribution in [3.63, 3.8) is 0 Å². The Bertz CT molecular complexity index is 291. The molecule has 1 aliphatic rings. The van der Waals surface area contributed by atoms with Crippen LogP contribution in [0, 0.1) is 11.6 Å². The third kappa shape index (κ3) is 1.10. The van der Waals surface area contributed by atoms with Crippen LogP contribution in [0.25, 0.3) is 0 Å². The van der Waals surface area contributed by atoms with Gasteiger partial charge in [-0.25, -0.2) is 8.78 Å². The van der Waals surface area contributed by atoms with Crippen LogP contribution in [0.4, 0.5) is 8.78 Å². The van der Waals surface area contributed by atoms with Crippen molar-refractivity contribution in [2.24, 2.45) is 5.73 Å². The summed E-state index contributed by atoms with van der Waals surface area (Å²) in [4.78, 5) is 0. The normalized spacial score (nSPS) is 27.2. The summed E-state index contributed by atoms with van der Waals surface area (Å²) in [5.74, 6) is -1.06. The van der Waals surface area contributed by atoms with Gasteiger partial charge in [0.2, 0.25) is 0 Å². The summed E-state index contributed by atoms with van der Waals surface area (Å²) in [6.45, 7) is 0. The minimum absolute atomic E-state index is 0.0589. The highest BCUT2D eigenvalue weighted by molar-refractivity contribution is 5.30. The smallest absolute Gasteiger partial charge is 0.129 e. The van der Waals surface area contributed by atoms with E-state index in [1.54, 1.807) is 0 Å². The second-order valence-electron chi connectivity index (χ2n) is 3.14. The molecule has 0 heterocycles. The second-order valence-corrected chi connectivity index (χ2v) is 3.14. The quantitative estimate of drug-likeness (QED) is 0.681. The standard InChI is InChI=1S/C9H9F2N/c10-6-2-1-3-7(11)9(6)5-4-8(5)12/h1-3,5,8H,4,12H2/t5-,8+/m1/s1. The maximum absolute atomic E-state index is 13.0. The van der Waals surface area contributed by atoms with Crippen molar-refractivity contribution in [1.29, 1.82) is 0 Å². The van der Waals surface area contributed by atoms with Crippen LogP contribution in [-0.2, 0) is 0 Å². The highest BCUT2D eigenvalue weighted by Gasteiger charge is 2.38. The first-order chi connectivity index (χ1) is 5.70. The van der Waals surface area contributed by atoms with Crippen molar-refractivity contribution in [3.05, 3.63) is 35.4 Å². The molecular weight excluding hydrogens is 160 g/mol. The molecule has 0 saturated heterocycles.